The van der Waals surface area contributed by atoms with Crippen molar-refractivity contribution < 1.29 is 14.7 Å². The van der Waals surface area contributed by atoms with E-state index in [1.165, 1.54) is 11.3 Å². The first-order chi connectivity index (χ1) is 11.6. The normalized spacial score (nSPS) is 17.0. The molecule has 0 aromatic carbocycles. The smallest absolute Gasteiger partial charge is 0.336 e. The van der Waals surface area contributed by atoms with Gasteiger partial charge in [0, 0.05) is 22.5 Å². The highest BCUT2D eigenvalue weighted by Crippen LogP contribution is 2.32. The highest BCUT2D eigenvalue weighted by atomic mass is 32.1. The number of pyridine rings is 1. The Kier molecular flexibility index (Phi) is 3.38. The van der Waals surface area contributed by atoms with Crippen LogP contribution in [0, 0.1) is 0 Å². The molecular formula is C17H15N3O3S. The number of carbonyl (C=O) groups is 2. The third kappa shape index (κ3) is 2.20. The van der Waals surface area contributed by atoms with Crippen LogP contribution in [0.25, 0.3) is 5.65 Å². The van der Waals surface area contributed by atoms with E-state index in [1.54, 1.807) is 20.9 Å². The summed E-state index contributed by atoms with van der Waals surface area (Å²) in [5.41, 5.74) is 2.48. The highest BCUT2D eigenvalue weighted by Gasteiger charge is 2.32. The van der Waals surface area contributed by atoms with E-state index in [9.17, 15) is 14.7 Å². The van der Waals surface area contributed by atoms with Gasteiger partial charge in [-0.05, 0) is 31.0 Å². The van der Waals surface area contributed by atoms with Gasteiger partial charge in [0.05, 0.1) is 18.3 Å². The molecule has 0 bridgehead atoms. The van der Waals surface area contributed by atoms with Crippen LogP contribution >= 0.6 is 11.3 Å². The Morgan fingerprint density at radius 1 is 1.38 bits per heavy atom. The van der Waals surface area contributed by atoms with E-state index in [1.807, 2.05) is 31.3 Å². The standard InChI is InChI=1S/C17H15N3O3S/c1-10-6-11-12(17(22)23)9-24-14(11)8-20(10)16(21)13-7-18-15-4-2-3-5-19(13)15/h2-5,7,9-10H,6,8H2,1H3,(H,22,23). The van der Waals surface area contributed by atoms with Crippen LogP contribution in [0.15, 0.2) is 36.0 Å². The second-order valence-electron chi connectivity index (χ2n) is 5.91. The minimum atomic E-state index is -0.902. The summed E-state index contributed by atoms with van der Waals surface area (Å²) >= 11 is 1.41. The van der Waals surface area contributed by atoms with E-state index >= 15 is 0 Å². The molecule has 1 N–H and O–H groups in total. The molecule has 122 valence electrons. The van der Waals surface area contributed by atoms with Crippen LogP contribution in [0.3, 0.4) is 0 Å². The maximum atomic E-state index is 13.0. The van der Waals surface area contributed by atoms with Crippen molar-refractivity contribution in [2.75, 3.05) is 0 Å². The lowest BCUT2D eigenvalue weighted by Gasteiger charge is -2.33. The molecule has 0 spiro atoms. The number of fused-ring (bicyclic) bond motifs is 2. The molecule has 0 saturated heterocycles. The molecular weight excluding hydrogens is 326 g/mol. The number of imidazole rings is 1. The average Bonchev–Trinajstić information content (AvgIpc) is 3.17. The van der Waals surface area contributed by atoms with Gasteiger partial charge in [0.15, 0.2) is 0 Å². The van der Waals surface area contributed by atoms with Gasteiger partial charge >= 0.3 is 5.97 Å². The SMILES string of the molecule is CC1Cc2c(C(=O)O)csc2CN1C(=O)c1cnc2ccccn12. The van der Waals surface area contributed by atoms with Crippen molar-refractivity contribution in [2.24, 2.45) is 0 Å². The molecule has 3 aromatic rings. The maximum Gasteiger partial charge on any atom is 0.336 e. The number of carbonyl (C=O) groups excluding carboxylic acids is 1. The van der Waals surface area contributed by atoms with E-state index in [4.69, 9.17) is 0 Å². The van der Waals surface area contributed by atoms with Gasteiger partial charge in [0.1, 0.15) is 11.3 Å². The Hall–Kier alpha value is -2.67. The molecule has 4 heterocycles. The van der Waals surface area contributed by atoms with Crippen LogP contribution in [-0.4, -0.2) is 37.3 Å². The largest absolute Gasteiger partial charge is 0.478 e. The van der Waals surface area contributed by atoms with Gasteiger partial charge in [0.2, 0.25) is 0 Å². The zero-order chi connectivity index (χ0) is 16.8. The molecule has 3 aromatic heterocycles. The number of amides is 1. The lowest BCUT2D eigenvalue weighted by molar-refractivity contribution is 0.0652. The van der Waals surface area contributed by atoms with Gasteiger partial charge < -0.3 is 10.0 Å². The van der Waals surface area contributed by atoms with Crippen LogP contribution in [0.1, 0.15) is 38.2 Å². The van der Waals surface area contributed by atoms with Crippen LogP contribution < -0.4 is 0 Å². The Bertz CT molecular complexity index is 959. The molecule has 4 rings (SSSR count). The van der Waals surface area contributed by atoms with Gasteiger partial charge in [-0.1, -0.05) is 6.07 Å². The molecule has 1 aliphatic heterocycles. The van der Waals surface area contributed by atoms with Crippen LogP contribution in [0.2, 0.25) is 0 Å². The number of carboxylic acids is 1. The zero-order valence-corrected chi connectivity index (χ0v) is 13.8. The number of aromatic nitrogens is 2. The second-order valence-corrected chi connectivity index (χ2v) is 6.88. The molecule has 0 saturated carbocycles. The fourth-order valence-electron chi connectivity index (χ4n) is 3.18. The number of aromatic carboxylic acids is 1. The summed E-state index contributed by atoms with van der Waals surface area (Å²) in [7, 11) is 0. The minimum Gasteiger partial charge on any atom is -0.478 e. The molecule has 0 radical (unpaired) electrons. The molecule has 1 aliphatic rings. The lowest BCUT2D eigenvalue weighted by atomic mass is 9.97. The highest BCUT2D eigenvalue weighted by molar-refractivity contribution is 7.10. The van der Waals surface area contributed by atoms with Crippen LogP contribution in [0.4, 0.5) is 0 Å². The minimum absolute atomic E-state index is 0.0630. The van der Waals surface area contributed by atoms with E-state index in [2.05, 4.69) is 4.98 Å². The summed E-state index contributed by atoms with van der Waals surface area (Å²) in [6.45, 7) is 2.39. The summed E-state index contributed by atoms with van der Waals surface area (Å²) in [6.07, 6.45) is 3.98. The van der Waals surface area contributed by atoms with E-state index in [0.717, 1.165) is 16.1 Å². The third-order valence-electron chi connectivity index (χ3n) is 4.45. The van der Waals surface area contributed by atoms with Gasteiger partial charge in [-0.25, -0.2) is 9.78 Å². The quantitative estimate of drug-likeness (QED) is 0.778. The molecule has 0 aliphatic carbocycles. The molecule has 7 heteroatoms. The van der Waals surface area contributed by atoms with Crippen LogP contribution in [-0.2, 0) is 13.0 Å². The Morgan fingerprint density at radius 3 is 3.00 bits per heavy atom. The predicted molar refractivity (Wildman–Crippen MR) is 89.5 cm³/mol. The number of carboxylic acid groups (broad SMARTS) is 1. The fourth-order valence-corrected chi connectivity index (χ4v) is 4.24. The number of rotatable bonds is 2. The monoisotopic (exact) mass is 341 g/mol. The Morgan fingerprint density at radius 2 is 2.21 bits per heavy atom. The molecule has 24 heavy (non-hydrogen) atoms. The second kappa shape index (κ2) is 5.45. The molecule has 0 fully saturated rings. The Balaban J connectivity index is 1.69. The van der Waals surface area contributed by atoms with E-state index in [0.29, 0.717) is 24.2 Å². The van der Waals surface area contributed by atoms with Gasteiger partial charge in [-0.15, -0.1) is 11.3 Å². The summed E-state index contributed by atoms with van der Waals surface area (Å²) < 4.78 is 1.78. The summed E-state index contributed by atoms with van der Waals surface area (Å²) in [5, 5.41) is 10.9. The van der Waals surface area contributed by atoms with Crippen molar-refractivity contribution in [1.82, 2.24) is 14.3 Å². The Labute approximate surface area is 142 Å². The summed E-state index contributed by atoms with van der Waals surface area (Å²) in [5.74, 6) is -0.988. The van der Waals surface area contributed by atoms with Gasteiger partial charge in [-0.3, -0.25) is 9.20 Å². The first-order valence-electron chi connectivity index (χ1n) is 7.62. The summed E-state index contributed by atoms with van der Waals surface area (Å²) in [6, 6.07) is 5.53. The first kappa shape index (κ1) is 14.9. The number of hydrogen-bond donors (Lipinski definition) is 1. The number of nitrogens with zero attached hydrogens (tertiary/aromatic N) is 3. The molecule has 1 atom stereocenters. The molecule has 1 unspecified atom stereocenters. The molecule has 6 nitrogen and oxygen atoms in total. The van der Waals surface area contributed by atoms with Crippen molar-refractivity contribution in [3.63, 3.8) is 0 Å². The van der Waals surface area contributed by atoms with Gasteiger partial charge in [-0.2, -0.15) is 0 Å². The average molecular weight is 341 g/mol. The predicted octanol–water partition coefficient (Wildman–Crippen LogP) is 2.68. The van der Waals surface area contributed by atoms with Crippen LogP contribution in [0.5, 0.6) is 0 Å². The van der Waals surface area contributed by atoms with Crippen molar-refractivity contribution in [2.45, 2.75) is 25.9 Å². The topological polar surface area (TPSA) is 74.9 Å². The summed E-state index contributed by atoms with van der Waals surface area (Å²) in [4.78, 5) is 31.3. The third-order valence-corrected chi connectivity index (χ3v) is 5.47. The van der Waals surface area contributed by atoms with Crippen molar-refractivity contribution in [1.29, 1.82) is 0 Å². The first-order valence-corrected chi connectivity index (χ1v) is 8.50. The van der Waals surface area contributed by atoms with E-state index < -0.39 is 5.97 Å². The van der Waals surface area contributed by atoms with Gasteiger partial charge in [0.25, 0.3) is 5.91 Å². The zero-order valence-electron chi connectivity index (χ0n) is 13.0. The lowest BCUT2D eigenvalue weighted by Crippen LogP contribution is -2.42. The van der Waals surface area contributed by atoms with E-state index in [-0.39, 0.29) is 11.9 Å². The van der Waals surface area contributed by atoms with Crippen molar-refractivity contribution in [3.05, 3.63) is 57.7 Å². The fraction of sp³-hybridized carbons (Fsp3) is 0.235. The molecule has 1 amide bonds. The van der Waals surface area contributed by atoms with Crippen molar-refractivity contribution >= 4 is 28.9 Å². The van der Waals surface area contributed by atoms with Crippen molar-refractivity contribution in [3.8, 4) is 0 Å². The maximum absolute atomic E-state index is 13.0. The number of hydrogen-bond acceptors (Lipinski definition) is 4. The number of thiophene rings is 1.